The van der Waals surface area contributed by atoms with Crippen molar-refractivity contribution in [2.24, 2.45) is 5.92 Å². The quantitative estimate of drug-likeness (QED) is 0.843. The predicted octanol–water partition coefficient (Wildman–Crippen LogP) is 2.42. The van der Waals surface area contributed by atoms with E-state index < -0.39 is 0 Å². The van der Waals surface area contributed by atoms with Crippen LogP contribution in [0.15, 0.2) is 24.3 Å². The van der Waals surface area contributed by atoms with Crippen LogP contribution in [0.3, 0.4) is 0 Å². The SMILES string of the molecule is COCCc1ccc(CC2CCCNC2)cc1. The maximum Gasteiger partial charge on any atom is 0.0502 e. The minimum absolute atomic E-state index is 0.811. The maximum atomic E-state index is 5.09. The highest BCUT2D eigenvalue weighted by Gasteiger charge is 2.13. The van der Waals surface area contributed by atoms with E-state index in [0.717, 1.165) is 18.9 Å². The van der Waals surface area contributed by atoms with Gasteiger partial charge in [-0.2, -0.15) is 0 Å². The van der Waals surface area contributed by atoms with Gasteiger partial charge in [-0.15, -0.1) is 0 Å². The van der Waals surface area contributed by atoms with E-state index in [1.54, 1.807) is 7.11 Å². The topological polar surface area (TPSA) is 21.3 Å². The molecule has 0 amide bonds. The molecule has 0 bridgehead atoms. The maximum absolute atomic E-state index is 5.09. The first-order valence-electron chi connectivity index (χ1n) is 6.66. The van der Waals surface area contributed by atoms with Gasteiger partial charge in [0.1, 0.15) is 0 Å². The third kappa shape index (κ3) is 4.14. The van der Waals surface area contributed by atoms with Crippen LogP contribution in [0.2, 0.25) is 0 Å². The van der Waals surface area contributed by atoms with Crippen LogP contribution in [-0.4, -0.2) is 26.8 Å². The lowest BCUT2D eigenvalue weighted by atomic mass is 9.92. The van der Waals surface area contributed by atoms with Crippen LogP contribution in [0.1, 0.15) is 24.0 Å². The zero-order valence-corrected chi connectivity index (χ0v) is 10.7. The first-order valence-corrected chi connectivity index (χ1v) is 6.66. The molecule has 1 saturated heterocycles. The van der Waals surface area contributed by atoms with Crippen LogP contribution >= 0.6 is 0 Å². The molecule has 0 saturated carbocycles. The molecule has 0 spiro atoms. The standard InChI is InChI=1S/C15H23NO/c1-17-10-8-13-4-6-14(7-5-13)11-15-3-2-9-16-12-15/h4-7,15-16H,2-3,8-12H2,1H3. The van der Waals surface area contributed by atoms with Crippen LogP contribution in [0.25, 0.3) is 0 Å². The van der Waals surface area contributed by atoms with Gasteiger partial charge in [0.25, 0.3) is 0 Å². The molecule has 1 aliphatic heterocycles. The molecule has 1 aromatic rings. The van der Waals surface area contributed by atoms with Crippen molar-refractivity contribution in [3.63, 3.8) is 0 Å². The Kier molecular flexibility index (Phi) is 5.02. The summed E-state index contributed by atoms with van der Waals surface area (Å²) in [6, 6.07) is 9.04. The molecule has 1 fully saturated rings. The highest BCUT2D eigenvalue weighted by atomic mass is 16.5. The Labute approximate surface area is 104 Å². The summed E-state index contributed by atoms with van der Waals surface area (Å²) in [4.78, 5) is 0. The van der Waals surface area contributed by atoms with Crippen molar-refractivity contribution >= 4 is 0 Å². The van der Waals surface area contributed by atoms with Crippen molar-refractivity contribution in [1.29, 1.82) is 0 Å². The van der Waals surface area contributed by atoms with Gasteiger partial charge in [-0.3, -0.25) is 0 Å². The van der Waals surface area contributed by atoms with Crippen molar-refractivity contribution < 1.29 is 4.74 Å². The lowest BCUT2D eigenvalue weighted by Crippen LogP contribution is -2.30. The first-order chi connectivity index (χ1) is 8.38. The molecule has 17 heavy (non-hydrogen) atoms. The van der Waals surface area contributed by atoms with Gasteiger partial charge in [-0.1, -0.05) is 24.3 Å². The third-order valence-electron chi connectivity index (χ3n) is 3.54. The third-order valence-corrected chi connectivity index (χ3v) is 3.54. The molecule has 1 heterocycles. The van der Waals surface area contributed by atoms with Gasteiger partial charge in [0.2, 0.25) is 0 Å². The Balaban J connectivity index is 1.84. The Bertz CT molecular complexity index is 314. The van der Waals surface area contributed by atoms with Crippen molar-refractivity contribution in [2.45, 2.75) is 25.7 Å². The summed E-state index contributed by atoms with van der Waals surface area (Å²) in [5.74, 6) is 0.827. The minimum atomic E-state index is 0.811. The zero-order valence-electron chi connectivity index (χ0n) is 10.7. The average Bonchev–Trinajstić information content (AvgIpc) is 2.39. The van der Waals surface area contributed by atoms with Crippen molar-refractivity contribution in [3.8, 4) is 0 Å². The summed E-state index contributed by atoms with van der Waals surface area (Å²) in [7, 11) is 1.75. The number of nitrogens with one attached hydrogen (secondary N) is 1. The van der Waals surface area contributed by atoms with Gasteiger partial charge in [-0.05, 0) is 55.8 Å². The monoisotopic (exact) mass is 233 g/mol. The summed E-state index contributed by atoms with van der Waals surface area (Å²) in [6.07, 6.45) is 4.94. The van der Waals surface area contributed by atoms with Crippen LogP contribution < -0.4 is 5.32 Å². The number of ether oxygens (including phenoxy) is 1. The molecular weight excluding hydrogens is 210 g/mol. The van der Waals surface area contributed by atoms with E-state index >= 15 is 0 Å². The van der Waals surface area contributed by atoms with E-state index in [1.165, 1.54) is 43.5 Å². The highest BCUT2D eigenvalue weighted by Crippen LogP contribution is 2.17. The molecular formula is C15H23NO. The first kappa shape index (κ1) is 12.6. The van der Waals surface area contributed by atoms with E-state index in [0.29, 0.717) is 0 Å². The van der Waals surface area contributed by atoms with Gasteiger partial charge in [0.05, 0.1) is 6.61 Å². The summed E-state index contributed by atoms with van der Waals surface area (Å²) in [5.41, 5.74) is 2.84. The molecule has 2 nitrogen and oxygen atoms in total. The second kappa shape index (κ2) is 6.77. The van der Waals surface area contributed by atoms with E-state index in [-0.39, 0.29) is 0 Å². The molecule has 0 aliphatic carbocycles. The van der Waals surface area contributed by atoms with Gasteiger partial charge in [-0.25, -0.2) is 0 Å². The molecule has 1 aromatic carbocycles. The second-order valence-corrected chi connectivity index (χ2v) is 4.98. The molecule has 2 heteroatoms. The van der Waals surface area contributed by atoms with E-state index in [1.807, 2.05) is 0 Å². The van der Waals surface area contributed by atoms with Crippen molar-refractivity contribution in [1.82, 2.24) is 5.32 Å². The molecule has 94 valence electrons. The van der Waals surface area contributed by atoms with Gasteiger partial charge in [0, 0.05) is 7.11 Å². The van der Waals surface area contributed by atoms with Crippen LogP contribution in [0.4, 0.5) is 0 Å². The van der Waals surface area contributed by atoms with Gasteiger partial charge >= 0.3 is 0 Å². The fraction of sp³-hybridized carbons (Fsp3) is 0.600. The largest absolute Gasteiger partial charge is 0.384 e. The second-order valence-electron chi connectivity index (χ2n) is 4.98. The number of hydrogen-bond acceptors (Lipinski definition) is 2. The summed E-state index contributed by atoms with van der Waals surface area (Å²) in [5, 5.41) is 3.48. The van der Waals surface area contributed by atoms with Crippen LogP contribution in [0, 0.1) is 5.92 Å². The molecule has 2 rings (SSSR count). The number of methoxy groups -OCH3 is 1. The fourth-order valence-corrected chi connectivity index (χ4v) is 2.49. The predicted molar refractivity (Wildman–Crippen MR) is 71.3 cm³/mol. The molecule has 1 atom stereocenters. The Morgan fingerprint density at radius 3 is 2.65 bits per heavy atom. The van der Waals surface area contributed by atoms with Crippen molar-refractivity contribution in [3.05, 3.63) is 35.4 Å². The van der Waals surface area contributed by atoms with Crippen molar-refractivity contribution in [2.75, 3.05) is 26.8 Å². The molecule has 1 unspecified atom stereocenters. The fourth-order valence-electron chi connectivity index (χ4n) is 2.49. The number of hydrogen-bond donors (Lipinski definition) is 1. The lowest BCUT2D eigenvalue weighted by molar-refractivity contribution is 0.202. The lowest BCUT2D eigenvalue weighted by Gasteiger charge is -2.22. The van der Waals surface area contributed by atoms with Gasteiger partial charge < -0.3 is 10.1 Å². The molecule has 0 aromatic heterocycles. The summed E-state index contributed by atoms with van der Waals surface area (Å²) >= 11 is 0. The normalized spacial score (nSPS) is 20.4. The van der Waals surface area contributed by atoms with Crippen LogP contribution in [0.5, 0.6) is 0 Å². The molecule has 1 N–H and O–H groups in total. The summed E-state index contributed by atoms with van der Waals surface area (Å²) in [6.45, 7) is 3.20. The van der Waals surface area contributed by atoms with E-state index in [9.17, 15) is 0 Å². The molecule has 1 aliphatic rings. The van der Waals surface area contributed by atoms with E-state index in [2.05, 4.69) is 29.6 Å². The minimum Gasteiger partial charge on any atom is -0.384 e. The Hall–Kier alpha value is -0.860. The molecule has 0 radical (unpaired) electrons. The summed E-state index contributed by atoms with van der Waals surface area (Å²) < 4.78 is 5.09. The Morgan fingerprint density at radius 1 is 1.24 bits per heavy atom. The zero-order chi connectivity index (χ0) is 11.9. The number of piperidine rings is 1. The van der Waals surface area contributed by atoms with Gasteiger partial charge in [0.15, 0.2) is 0 Å². The highest BCUT2D eigenvalue weighted by molar-refractivity contribution is 5.23. The number of rotatable bonds is 5. The van der Waals surface area contributed by atoms with Crippen LogP contribution in [-0.2, 0) is 17.6 Å². The smallest absolute Gasteiger partial charge is 0.0502 e. The average molecular weight is 233 g/mol. The number of benzene rings is 1. The Morgan fingerprint density at radius 2 is 2.00 bits per heavy atom. The van der Waals surface area contributed by atoms with E-state index in [4.69, 9.17) is 4.74 Å².